The van der Waals surface area contributed by atoms with Gasteiger partial charge in [-0.2, -0.15) is 0 Å². The lowest BCUT2D eigenvalue weighted by molar-refractivity contribution is -0.129. The van der Waals surface area contributed by atoms with Crippen LogP contribution in [-0.4, -0.2) is 33.0 Å². The minimum Gasteiger partial charge on any atom is -0.511 e. The zero-order valence-corrected chi connectivity index (χ0v) is 23.7. The fourth-order valence-electron chi connectivity index (χ4n) is 6.19. The van der Waals surface area contributed by atoms with E-state index in [1.165, 1.54) is 0 Å². The first-order valence-corrected chi connectivity index (χ1v) is 13.6. The first kappa shape index (κ1) is 28.4. The zero-order chi connectivity index (χ0) is 27.2. The van der Waals surface area contributed by atoms with E-state index in [9.17, 15) is 19.8 Å². The molecule has 3 aliphatic rings. The van der Waals surface area contributed by atoms with E-state index in [0.29, 0.717) is 18.4 Å². The van der Waals surface area contributed by atoms with E-state index >= 15 is 0 Å². The average Bonchev–Trinajstić information content (AvgIpc) is 3.30. The maximum absolute atomic E-state index is 14.2. The summed E-state index contributed by atoms with van der Waals surface area (Å²) in [6.45, 7) is 17.9. The summed E-state index contributed by atoms with van der Waals surface area (Å²) in [6, 6.07) is 0. The van der Waals surface area contributed by atoms with E-state index in [1.807, 2.05) is 53.7 Å². The van der Waals surface area contributed by atoms with Crippen molar-refractivity contribution in [2.75, 3.05) is 0 Å². The summed E-state index contributed by atoms with van der Waals surface area (Å²) >= 11 is 0. The number of ether oxygens (including phenoxy) is 1. The number of allylic oxidation sites excluding steroid dienone is 7. The van der Waals surface area contributed by atoms with Crippen LogP contribution in [0.15, 0.2) is 46.0 Å². The van der Waals surface area contributed by atoms with Gasteiger partial charge in [-0.1, -0.05) is 51.0 Å². The molecular formula is C31H46O5. The van der Waals surface area contributed by atoms with E-state index in [0.717, 1.165) is 24.0 Å². The van der Waals surface area contributed by atoms with Crippen LogP contribution < -0.4 is 0 Å². The van der Waals surface area contributed by atoms with Crippen LogP contribution in [0.5, 0.6) is 0 Å². The van der Waals surface area contributed by atoms with Crippen molar-refractivity contribution < 1.29 is 24.5 Å². The Morgan fingerprint density at radius 3 is 2.06 bits per heavy atom. The third-order valence-electron chi connectivity index (χ3n) is 9.05. The number of ketones is 2. The van der Waals surface area contributed by atoms with Crippen molar-refractivity contribution >= 4 is 11.6 Å². The summed E-state index contributed by atoms with van der Waals surface area (Å²) in [7, 11) is 0. The summed E-state index contributed by atoms with van der Waals surface area (Å²) in [5.41, 5.74) is -0.00451. The number of aliphatic hydroxyl groups is 2. The van der Waals surface area contributed by atoms with Gasteiger partial charge in [0.25, 0.3) is 0 Å². The van der Waals surface area contributed by atoms with E-state index < -0.39 is 22.7 Å². The number of fused-ring (bicyclic) bond motifs is 2. The number of hydrogen-bond donors (Lipinski definition) is 2. The number of aliphatic hydroxyl groups excluding tert-OH is 2. The second-order valence-electron chi connectivity index (χ2n) is 12.4. The van der Waals surface area contributed by atoms with Gasteiger partial charge in [0.05, 0.1) is 16.6 Å². The van der Waals surface area contributed by atoms with Crippen LogP contribution in [0, 0.1) is 23.2 Å². The highest BCUT2D eigenvalue weighted by atomic mass is 16.5. The van der Waals surface area contributed by atoms with Gasteiger partial charge >= 0.3 is 0 Å². The predicted octanol–water partition coefficient (Wildman–Crippen LogP) is 7.49. The third-order valence-corrected chi connectivity index (χ3v) is 9.05. The van der Waals surface area contributed by atoms with Crippen LogP contribution in [0.2, 0.25) is 0 Å². The van der Waals surface area contributed by atoms with Crippen molar-refractivity contribution in [3.63, 3.8) is 0 Å². The predicted molar refractivity (Wildman–Crippen MR) is 144 cm³/mol. The average molecular weight is 499 g/mol. The molecule has 1 unspecified atom stereocenters. The van der Waals surface area contributed by atoms with Crippen molar-refractivity contribution in [2.45, 2.75) is 112 Å². The van der Waals surface area contributed by atoms with Gasteiger partial charge in [0.15, 0.2) is 11.6 Å². The number of Topliss-reactive ketones (excluding diaryl/α,β-unsaturated/α-hetero) is 2. The third kappa shape index (κ3) is 4.53. The standard InChI is InChI=1S/C31H46O5/c1-10-21(8)25(32)24-26(33)23(22-17-31(20(6)7)16-15-29(22,9)36-31)27(34)30(28(24)35,13-11-18(2)3)14-12-19(4)5/h11-12,20-22,33-34H,10,13-17H2,1-9H3/t21?,22-,29+,31+/m0/s1. The second kappa shape index (κ2) is 9.96. The first-order chi connectivity index (χ1) is 16.7. The molecule has 200 valence electrons. The molecule has 0 radical (unpaired) electrons. The molecule has 0 aromatic rings. The highest BCUT2D eigenvalue weighted by molar-refractivity contribution is 6.25. The van der Waals surface area contributed by atoms with Gasteiger partial charge in [0, 0.05) is 17.4 Å². The molecule has 5 heteroatoms. The Bertz CT molecular complexity index is 1030. The first-order valence-electron chi connectivity index (χ1n) is 13.6. The lowest BCUT2D eigenvalue weighted by Gasteiger charge is -2.41. The fraction of sp³-hybridized carbons (Fsp3) is 0.677. The SMILES string of the molecule is CCC(C)C(=O)C1=C(O)C([C@@H]2C[C@@]3(C(C)C)CC[C@@]2(C)O3)=C(O)C(CC=C(C)C)(CC=C(C)C)C1=O. The smallest absolute Gasteiger partial charge is 0.184 e. The highest BCUT2D eigenvalue weighted by Gasteiger charge is 2.63. The van der Waals surface area contributed by atoms with E-state index in [-0.39, 0.29) is 53.2 Å². The normalized spacial score (nSPS) is 30.2. The van der Waals surface area contributed by atoms with Gasteiger partial charge in [0.2, 0.25) is 0 Å². The number of rotatable bonds is 9. The summed E-state index contributed by atoms with van der Waals surface area (Å²) in [6.07, 6.45) is 7.36. The molecule has 2 bridgehead atoms. The van der Waals surface area contributed by atoms with Crippen LogP contribution >= 0.6 is 0 Å². The van der Waals surface area contributed by atoms with Crippen LogP contribution in [0.3, 0.4) is 0 Å². The Hall–Kier alpha value is -2.14. The summed E-state index contributed by atoms with van der Waals surface area (Å²) in [5.74, 6) is -1.71. The summed E-state index contributed by atoms with van der Waals surface area (Å²) in [5, 5.41) is 23.6. The Balaban J connectivity index is 2.32. The monoisotopic (exact) mass is 498 g/mol. The molecular weight excluding hydrogens is 452 g/mol. The zero-order valence-electron chi connectivity index (χ0n) is 23.7. The molecule has 36 heavy (non-hydrogen) atoms. The molecule has 0 amide bonds. The highest BCUT2D eigenvalue weighted by Crippen LogP contribution is 2.61. The molecule has 2 heterocycles. The van der Waals surface area contributed by atoms with Gasteiger partial charge in [-0.05, 0) is 79.1 Å². The van der Waals surface area contributed by atoms with Crippen molar-refractivity contribution in [2.24, 2.45) is 23.2 Å². The molecule has 4 atom stereocenters. The van der Waals surface area contributed by atoms with Gasteiger partial charge in [-0.3, -0.25) is 9.59 Å². The topological polar surface area (TPSA) is 83.8 Å². The molecule has 1 aliphatic carbocycles. The van der Waals surface area contributed by atoms with Crippen molar-refractivity contribution in [1.82, 2.24) is 0 Å². The molecule has 0 spiro atoms. The Labute approximate surface area is 217 Å². The van der Waals surface area contributed by atoms with Crippen LogP contribution in [0.25, 0.3) is 0 Å². The Kier molecular flexibility index (Phi) is 7.87. The maximum atomic E-state index is 14.2. The molecule has 2 N–H and O–H groups in total. The molecule has 2 saturated heterocycles. The number of hydrogen-bond acceptors (Lipinski definition) is 5. The number of carbonyl (C=O) groups excluding carboxylic acids is 2. The van der Waals surface area contributed by atoms with E-state index in [1.54, 1.807) is 6.92 Å². The van der Waals surface area contributed by atoms with Crippen molar-refractivity contribution in [3.8, 4) is 0 Å². The second-order valence-corrected chi connectivity index (χ2v) is 12.4. The minimum absolute atomic E-state index is 0.0954. The largest absolute Gasteiger partial charge is 0.511 e. The van der Waals surface area contributed by atoms with Crippen LogP contribution in [0.1, 0.15) is 101 Å². The van der Waals surface area contributed by atoms with E-state index in [4.69, 9.17) is 4.74 Å². The summed E-state index contributed by atoms with van der Waals surface area (Å²) in [4.78, 5) is 27.8. The molecule has 2 fully saturated rings. The molecule has 3 rings (SSSR count). The van der Waals surface area contributed by atoms with Crippen molar-refractivity contribution in [3.05, 3.63) is 46.0 Å². The van der Waals surface area contributed by atoms with Crippen molar-refractivity contribution in [1.29, 1.82) is 0 Å². The lowest BCUT2D eigenvalue weighted by atomic mass is 9.61. The maximum Gasteiger partial charge on any atom is 0.184 e. The molecule has 0 saturated carbocycles. The van der Waals surface area contributed by atoms with Gasteiger partial charge in [0.1, 0.15) is 17.1 Å². The molecule has 2 aliphatic heterocycles. The molecule has 0 aromatic heterocycles. The lowest BCUT2D eigenvalue weighted by Crippen LogP contribution is -2.44. The quantitative estimate of drug-likeness (QED) is 0.254. The van der Waals surface area contributed by atoms with E-state index in [2.05, 4.69) is 13.8 Å². The number of carbonyl (C=O) groups is 2. The van der Waals surface area contributed by atoms with Gasteiger partial charge < -0.3 is 14.9 Å². The van der Waals surface area contributed by atoms with Gasteiger partial charge in [-0.25, -0.2) is 0 Å². The van der Waals surface area contributed by atoms with Crippen LogP contribution in [-0.2, 0) is 14.3 Å². The molecule has 0 aromatic carbocycles. The van der Waals surface area contributed by atoms with Crippen LogP contribution in [0.4, 0.5) is 0 Å². The Morgan fingerprint density at radius 2 is 1.61 bits per heavy atom. The summed E-state index contributed by atoms with van der Waals surface area (Å²) < 4.78 is 6.65. The minimum atomic E-state index is -1.34. The molecule has 5 nitrogen and oxygen atoms in total. The Morgan fingerprint density at radius 1 is 1.06 bits per heavy atom. The fourth-order valence-corrected chi connectivity index (χ4v) is 6.19. The van der Waals surface area contributed by atoms with Gasteiger partial charge in [-0.15, -0.1) is 0 Å².